The van der Waals surface area contributed by atoms with Gasteiger partial charge < -0.3 is 10.2 Å². The van der Waals surface area contributed by atoms with E-state index < -0.39 is 6.04 Å². The molecule has 1 fully saturated rings. The molecule has 4 nitrogen and oxygen atoms in total. The molecule has 1 aliphatic rings. The molecule has 0 bridgehead atoms. The molecule has 0 radical (unpaired) electrons. The lowest BCUT2D eigenvalue weighted by atomic mass is 9.94. The SMILES string of the molecule is Cc1ccccc1CSCC(=O)N(Cc1ccccc1Cl)C(Cc1ccccc1)C(=O)NC1CCCCC1. The van der Waals surface area contributed by atoms with Crippen molar-refractivity contribution in [3.05, 3.63) is 106 Å². The maximum Gasteiger partial charge on any atom is 0.243 e. The average Bonchev–Trinajstić information content (AvgIpc) is 2.93. The van der Waals surface area contributed by atoms with E-state index in [0.29, 0.717) is 23.7 Å². The lowest BCUT2D eigenvalue weighted by Gasteiger charge is -2.33. The minimum absolute atomic E-state index is 0.0526. The third kappa shape index (κ3) is 8.12. The smallest absolute Gasteiger partial charge is 0.243 e. The van der Waals surface area contributed by atoms with Crippen LogP contribution in [0.25, 0.3) is 0 Å². The quantitative estimate of drug-likeness (QED) is 0.281. The van der Waals surface area contributed by atoms with Gasteiger partial charge >= 0.3 is 0 Å². The molecule has 38 heavy (non-hydrogen) atoms. The van der Waals surface area contributed by atoms with Crippen LogP contribution < -0.4 is 5.32 Å². The Morgan fingerprint density at radius 1 is 0.921 bits per heavy atom. The summed E-state index contributed by atoms with van der Waals surface area (Å²) in [6.07, 6.45) is 5.92. The van der Waals surface area contributed by atoms with E-state index in [1.165, 1.54) is 17.5 Å². The van der Waals surface area contributed by atoms with Gasteiger partial charge in [0.05, 0.1) is 5.75 Å². The number of thioether (sulfide) groups is 1. The van der Waals surface area contributed by atoms with Crippen molar-refractivity contribution in [2.24, 2.45) is 0 Å². The molecule has 1 N–H and O–H groups in total. The fourth-order valence-corrected chi connectivity index (χ4v) is 6.19. The Morgan fingerprint density at radius 3 is 2.29 bits per heavy atom. The van der Waals surface area contributed by atoms with E-state index in [9.17, 15) is 9.59 Å². The Morgan fingerprint density at radius 2 is 1.58 bits per heavy atom. The molecule has 2 amide bonds. The van der Waals surface area contributed by atoms with Gasteiger partial charge in [0.25, 0.3) is 0 Å². The summed E-state index contributed by atoms with van der Waals surface area (Å²) >= 11 is 8.12. The normalized spacial score (nSPS) is 14.6. The van der Waals surface area contributed by atoms with E-state index in [2.05, 4.69) is 24.4 Å². The van der Waals surface area contributed by atoms with Gasteiger partial charge in [0.2, 0.25) is 11.8 Å². The summed E-state index contributed by atoms with van der Waals surface area (Å²) in [6.45, 7) is 2.38. The number of benzene rings is 3. The van der Waals surface area contributed by atoms with Crippen LogP contribution in [0, 0.1) is 6.92 Å². The van der Waals surface area contributed by atoms with E-state index >= 15 is 0 Å². The first-order valence-electron chi connectivity index (χ1n) is 13.5. The van der Waals surface area contributed by atoms with Gasteiger partial charge in [-0.05, 0) is 48.1 Å². The van der Waals surface area contributed by atoms with Crippen molar-refractivity contribution in [1.29, 1.82) is 0 Å². The molecule has 1 saturated carbocycles. The van der Waals surface area contributed by atoms with Gasteiger partial charge in [0.15, 0.2) is 0 Å². The molecular formula is C32H37ClN2O2S. The number of hydrogen-bond donors (Lipinski definition) is 1. The molecule has 4 rings (SSSR count). The molecule has 3 aromatic carbocycles. The summed E-state index contributed by atoms with van der Waals surface area (Å²) in [4.78, 5) is 29.4. The summed E-state index contributed by atoms with van der Waals surface area (Å²) < 4.78 is 0. The van der Waals surface area contributed by atoms with Crippen molar-refractivity contribution in [1.82, 2.24) is 10.2 Å². The molecule has 200 valence electrons. The van der Waals surface area contributed by atoms with Gasteiger partial charge in [-0.1, -0.05) is 104 Å². The van der Waals surface area contributed by atoms with E-state index in [0.717, 1.165) is 42.6 Å². The van der Waals surface area contributed by atoms with E-state index in [1.54, 1.807) is 16.7 Å². The Bertz CT molecular complexity index is 1200. The van der Waals surface area contributed by atoms with Crippen molar-refractivity contribution in [2.45, 2.75) is 69.8 Å². The summed E-state index contributed by atoms with van der Waals surface area (Å²) in [5, 5.41) is 3.89. The van der Waals surface area contributed by atoms with Crippen molar-refractivity contribution in [3.63, 3.8) is 0 Å². The Hall–Kier alpha value is -2.76. The number of halogens is 1. The van der Waals surface area contributed by atoms with Crippen LogP contribution in [0.2, 0.25) is 5.02 Å². The van der Waals surface area contributed by atoms with Crippen LogP contribution in [0.3, 0.4) is 0 Å². The molecule has 1 atom stereocenters. The zero-order chi connectivity index (χ0) is 26.7. The lowest BCUT2D eigenvalue weighted by Crippen LogP contribution is -2.53. The highest BCUT2D eigenvalue weighted by Gasteiger charge is 2.32. The molecule has 3 aromatic rings. The van der Waals surface area contributed by atoms with Gasteiger partial charge in [0.1, 0.15) is 6.04 Å². The maximum atomic E-state index is 13.8. The third-order valence-corrected chi connectivity index (χ3v) is 8.60. The second-order valence-electron chi connectivity index (χ2n) is 10.1. The fraction of sp³-hybridized carbons (Fsp3) is 0.375. The highest BCUT2D eigenvalue weighted by molar-refractivity contribution is 7.99. The Labute approximate surface area is 236 Å². The molecule has 1 aliphatic carbocycles. The number of carbonyl (C=O) groups excluding carboxylic acids is 2. The average molecular weight is 549 g/mol. The predicted octanol–water partition coefficient (Wildman–Crippen LogP) is 6.97. The van der Waals surface area contributed by atoms with Crippen molar-refractivity contribution >= 4 is 35.2 Å². The zero-order valence-corrected chi connectivity index (χ0v) is 23.6. The number of rotatable bonds is 11. The second kappa shape index (κ2) is 14.4. The molecule has 0 saturated heterocycles. The van der Waals surface area contributed by atoms with Gasteiger partial charge in [-0.2, -0.15) is 0 Å². The van der Waals surface area contributed by atoms with Gasteiger partial charge in [-0.3, -0.25) is 9.59 Å². The molecule has 0 aromatic heterocycles. The lowest BCUT2D eigenvalue weighted by molar-refractivity contribution is -0.139. The van der Waals surface area contributed by atoms with Crippen molar-refractivity contribution in [2.75, 3.05) is 5.75 Å². The van der Waals surface area contributed by atoms with Gasteiger partial charge in [0, 0.05) is 29.8 Å². The van der Waals surface area contributed by atoms with Gasteiger partial charge in [-0.15, -0.1) is 11.8 Å². The van der Waals surface area contributed by atoms with E-state index in [-0.39, 0.29) is 17.9 Å². The summed E-state index contributed by atoms with van der Waals surface area (Å²) in [5.74, 6) is 0.907. The minimum atomic E-state index is -0.623. The van der Waals surface area contributed by atoms with Crippen LogP contribution in [0.5, 0.6) is 0 Å². The first-order valence-corrected chi connectivity index (χ1v) is 15.0. The summed E-state index contributed by atoms with van der Waals surface area (Å²) in [7, 11) is 0. The predicted molar refractivity (Wildman–Crippen MR) is 158 cm³/mol. The van der Waals surface area contributed by atoms with E-state index in [1.807, 2.05) is 66.7 Å². The zero-order valence-electron chi connectivity index (χ0n) is 22.1. The van der Waals surface area contributed by atoms with Gasteiger partial charge in [-0.25, -0.2) is 0 Å². The number of hydrogen-bond acceptors (Lipinski definition) is 3. The minimum Gasteiger partial charge on any atom is -0.352 e. The molecule has 6 heteroatoms. The number of nitrogens with zero attached hydrogens (tertiary/aromatic N) is 1. The number of carbonyl (C=O) groups is 2. The monoisotopic (exact) mass is 548 g/mol. The van der Waals surface area contributed by atoms with Crippen LogP contribution in [-0.2, 0) is 28.3 Å². The molecule has 0 heterocycles. The van der Waals surface area contributed by atoms with Crippen molar-refractivity contribution < 1.29 is 9.59 Å². The first-order chi connectivity index (χ1) is 18.5. The number of nitrogens with one attached hydrogen (secondary N) is 1. The van der Waals surface area contributed by atoms with Crippen LogP contribution in [0.4, 0.5) is 0 Å². The molecular weight excluding hydrogens is 512 g/mol. The third-order valence-electron chi connectivity index (χ3n) is 7.27. The van der Waals surface area contributed by atoms with Crippen LogP contribution in [0.15, 0.2) is 78.9 Å². The summed E-state index contributed by atoms with van der Waals surface area (Å²) in [6, 6.07) is 25.3. The molecule has 0 aliphatic heterocycles. The largest absolute Gasteiger partial charge is 0.352 e. The molecule has 1 unspecified atom stereocenters. The summed E-state index contributed by atoms with van der Waals surface area (Å²) in [5.41, 5.74) is 4.31. The fourth-order valence-electron chi connectivity index (χ4n) is 5.01. The van der Waals surface area contributed by atoms with E-state index in [4.69, 9.17) is 11.6 Å². The highest BCUT2D eigenvalue weighted by atomic mass is 35.5. The highest BCUT2D eigenvalue weighted by Crippen LogP contribution is 2.24. The number of amides is 2. The Balaban J connectivity index is 1.58. The van der Waals surface area contributed by atoms with Crippen molar-refractivity contribution in [3.8, 4) is 0 Å². The van der Waals surface area contributed by atoms with Crippen LogP contribution in [0.1, 0.15) is 54.4 Å². The van der Waals surface area contributed by atoms with Crippen LogP contribution in [-0.4, -0.2) is 34.6 Å². The maximum absolute atomic E-state index is 13.8. The number of aryl methyl sites for hydroxylation is 1. The second-order valence-corrected chi connectivity index (χ2v) is 11.5. The topological polar surface area (TPSA) is 49.4 Å². The molecule has 0 spiro atoms. The Kier molecular flexibility index (Phi) is 10.7. The first kappa shape index (κ1) is 28.3. The van der Waals surface area contributed by atoms with Crippen LogP contribution >= 0.6 is 23.4 Å². The standard InChI is InChI=1S/C32H37ClN2O2S/c1-24-12-8-9-16-27(24)22-38-23-31(36)35(21-26-15-10-11-19-29(26)33)30(20-25-13-4-2-5-14-25)32(37)34-28-17-6-3-7-18-28/h2,4-5,8-16,19,28,30H,3,6-7,17-18,20-23H2,1H3,(H,34,37).